The Kier molecular flexibility index (Phi) is 4.09. The quantitative estimate of drug-likeness (QED) is 0.876. The molecule has 2 N–H and O–H groups in total. The van der Waals surface area contributed by atoms with Gasteiger partial charge in [-0.1, -0.05) is 18.2 Å². The first-order valence-corrected chi connectivity index (χ1v) is 6.75. The maximum absolute atomic E-state index is 11.8. The molecular weight excluding hydrogens is 250 g/mol. The molecule has 1 amide bonds. The van der Waals surface area contributed by atoms with Gasteiger partial charge in [0.15, 0.2) is 0 Å². The van der Waals surface area contributed by atoms with E-state index in [2.05, 4.69) is 22.4 Å². The van der Waals surface area contributed by atoms with Crippen LogP contribution >= 0.6 is 0 Å². The predicted molar refractivity (Wildman–Crippen MR) is 79.0 cm³/mol. The Morgan fingerprint density at radius 3 is 2.90 bits per heavy atom. The molecule has 4 heteroatoms. The van der Waals surface area contributed by atoms with Crippen molar-refractivity contribution in [3.8, 4) is 6.07 Å². The van der Waals surface area contributed by atoms with E-state index in [-0.39, 0.29) is 5.91 Å². The zero-order chi connectivity index (χ0) is 14.6. The van der Waals surface area contributed by atoms with Gasteiger partial charge in [-0.3, -0.25) is 4.79 Å². The number of H-pyrrole nitrogens is 1. The first-order valence-electron chi connectivity index (χ1n) is 6.75. The average molecular weight is 269 g/mol. The molecule has 0 fully saturated rings. The average Bonchev–Trinajstić information content (AvgIpc) is 2.86. The van der Waals surface area contributed by atoms with Crippen LogP contribution < -0.4 is 5.32 Å². The normalized spacial score (nSPS) is 11.2. The number of para-hydroxylation sites is 1. The van der Waals surface area contributed by atoms with Gasteiger partial charge in [-0.25, -0.2) is 0 Å². The van der Waals surface area contributed by atoms with Gasteiger partial charge < -0.3 is 10.3 Å². The zero-order valence-electron chi connectivity index (χ0n) is 11.9. The number of hydrogen-bond acceptors (Lipinski definition) is 2. The highest BCUT2D eigenvalue weighted by Gasteiger charge is 2.17. The standard InChI is InChI=1S/C16H19N3O/c1-16(2,10-17)11-19-15(20)8-7-12-9-18-14-6-4-3-5-13(12)14/h3-6,9,18H,7-8,11H2,1-2H3,(H,19,20). The fraction of sp³-hybridized carbons (Fsp3) is 0.375. The highest BCUT2D eigenvalue weighted by Crippen LogP contribution is 2.19. The number of hydrogen-bond donors (Lipinski definition) is 2. The fourth-order valence-corrected chi connectivity index (χ4v) is 2.03. The number of nitrogens with one attached hydrogen (secondary N) is 2. The van der Waals surface area contributed by atoms with Crippen molar-refractivity contribution in [2.75, 3.05) is 6.54 Å². The van der Waals surface area contributed by atoms with E-state index < -0.39 is 5.41 Å². The first-order chi connectivity index (χ1) is 9.52. The number of rotatable bonds is 5. The molecule has 0 radical (unpaired) electrons. The molecule has 20 heavy (non-hydrogen) atoms. The van der Waals surface area contributed by atoms with Crippen molar-refractivity contribution < 1.29 is 4.79 Å². The Labute approximate surface area is 118 Å². The van der Waals surface area contributed by atoms with Gasteiger partial charge in [-0.15, -0.1) is 0 Å². The molecule has 0 atom stereocenters. The van der Waals surface area contributed by atoms with E-state index in [9.17, 15) is 4.79 Å². The lowest BCUT2D eigenvalue weighted by molar-refractivity contribution is -0.121. The topological polar surface area (TPSA) is 68.7 Å². The van der Waals surface area contributed by atoms with Gasteiger partial charge in [0.05, 0.1) is 11.5 Å². The number of aromatic nitrogens is 1. The van der Waals surface area contributed by atoms with Gasteiger partial charge in [0.25, 0.3) is 0 Å². The minimum absolute atomic E-state index is 0.0152. The van der Waals surface area contributed by atoms with Crippen LogP contribution in [0.1, 0.15) is 25.8 Å². The molecule has 0 saturated carbocycles. The van der Waals surface area contributed by atoms with E-state index in [0.29, 0.717) is 19.4 Å². The molecule has 0 aliphatic carbocycles. The minimum Gasteiger partial charge on any atom is -0.361 e. The number of aromatic amines is 1. The highest BCUT2D eigenvalue weighted by atomic mass is 16.1. The SMILES string of the molecule is CC(C)(C#N)CNC(=O)CCc1c[nH]c2ccccc12. The molecule has 1 aromatic carbocycles. The molecule has 104 valence electrons. The summed E-state index contributed by atoms with van der Waals surface area (Å²) in [5.41, 5.74) is 1.72. The number of aryl methyl sites for hydroxylation is 1. The molecule has 0 aliphatic rings. The predicted octanol–water partition coefficient (Wildman–Crippen LogP) is 2.77. The smallest absolute Gasteiger partial charge is 0.220 e. The molecule has 2 aromatic rings. The van der Waals surface area contributed by atoms with E-state index in [1.54, 1.807) is 0 Å². The van der Waals surface area contributed by atoms with Crippen molar-refractivity contribution in [1.29, 1.82) is 5.26 Å². The Morgan fingerprint density at radius 1 is 1.40 bits per heavy atom. The maximum Gasteiger partial charge on any atom is 0.220 e. The zero-order valence-corrected chi connectivity index (χ0v) is 11.9. The van der Waals surface area contributed by atoms with Crippen LogP contribution in [0.2, 0.25) is 0 Å². The van der Waals surface area contributed by atoms with Crippen molar-refractivity contribution in [3.05, 3.63) is 36.0 Å². The summed E-state index contributed by atoms with van der Waals surface area (Å²) in [4.78, 5) is 15.0. The van der Waals surface area contributed by atoms with Crippen LogP contribution in [0, 0.1) is 16.7 Å². The molecule has 1 heterocycles. The van der Waals surface area contributed by atoms with Crippen molar-refractivity contribution in [3.63, 3.8) is 0 Å². The molecule has 0 saturated heterocycles. The molecular formula is C16H19N3O. The Balaban J connectivity index is 1.89. The largest absolute Gasteiger partial charge is 0.361 e. The van der Waals surface area contributed by atoms with Crippen LogP contribution in [0.15, 0.2) is 30.5 Å². The van der Waals surface area contributed by atoms with Crippen LogP contribution in [0.25, 0.3) is 10.9 Å². The van der Waals surface area contributed by atoms with E-state index in [1.807, 2.05) is 38.2 Å². The Hall–Kier alpha value is -2.28. The summed E-state index contributed by atoms with van der Waals surface area (Å²) < 4.78 is 0. The number of nitrogens with zero attached hydrogens (tertiary/aromatic N) is 1. The van der Waals surface area contributed by atoms with E-state index >= 15 is 0 Å². The second-order valence-electron chi connectivity index (χ2n) is 5.63. The third-order valence-electron chi connectivity index (χ3n) is 3.33. The highest BCUT2D eigenvalue weighted by molar-refractivity contribution is 5.84. The summed E-state index contributed by atoms with van der Waals surface area (Å²) in [6.45, 7) is 4.01. The summed E-state index contributed by atoms with van der Waals surface area (Å²) in [5, 5.41) is 12.9. The van der Waals surface area contributed by atoms with Gasteiger partial charge in [0.1, 0.15) is 0 Å². The van der Waals surface area contributed by atoms with Crippen molar-refractivity contribution in [2.45, 2.75) is 26.7 Å². The van der Waals surface area contributed by atoms with Gasteiger partial charge in [-0.05, 0) is 31.9 Å². The second kappa shape index (κ2) is 5.79. The van der Waals surface area contributed by atoms with E-state index in [1.165, 1.54) is 0 Å². The van der Waals surface area contributed by atoms with Crippen molar-refractivity contribution in [2.24, 2.45) is 5.41 Å². The molecule has 2 rings (SSSR count). The summed E-state index contributed by atoms with van der Waals surface area (Å²) in [7, 11) is 0. The minimum atomic E-state index is -0.517. The molecule has 0 aliphatic heterocycles. The number of fused-ring (bicyclic) bond motifs is 1. The van der Waals surface area contributed by atoms with Crippen LogP contribution in [-0.2, 0) is 11.2 Å². The van der Waals surface area contributed by atoms with Crippen LogP contribution in [0.4, 0.5) is 0 Å². The first kappa shape index (κ1) is 14.1. The maximum atomic E-state index is 11.8. The summed E-state index contributed by atoms with van der Waals surface area (Å²) in [6.07, 6.45) is 3.09. The van der Waals surface area contributed by atoms with E-state index in [4.69, 9.17) is 5.26 Å². The molecule has 0 bridgehead atoms. The van der Waals surface area contributed by atoms with Gasteiger partial charge in [-0.2, -0.15) is 5.26 Å². The molecule has 0 spiro atoms. The fourth-order valence-electron chi connectivity index (χ4n) is 2.03. The third-order valence-corrected chi connectivity index (χ3v) is 3.33. The van der Waals surface area contributed by atoms with Gasteiger partial charge >= 0.3 is 0 Å². The number of carbonyl (C=O) groups is 1. The number of benzene rings is 1. The Morgan fingerprint density at radius 2 is 2.15 bits per heavy atom. The summed E-state index contributed by atoms with van der Waals surface area (Å²) in [5.74, 6) is -0.0152. The second-order valence-corrected chi connectivity index (χ2v) is 5.63. The van der Waals surface area contributed by atoms with Crippen molar-refractivity contribution in [1.82, 2.24) is 10.3 Å². The number of amides is 1. The number of carbonyl (C=O) groups excluding carboxylic acids is 1. The van der Waals surface area contributed by atoms with Crippen LogP contribution in [0.3, 0.4) is 0 Å². The molecule has 4 nitrogen and oxygen atoms in total. The van der Waals surface area contributed by atoms with Crippen LogP contribution in [0.5, 0.6) is 0 Å². The lowest BCUT2D eigenvalue weighted by Crippen LogP contribution is -2.33. The van der Waals surface area contributed by atoms with Crippen molar-refractivity contribution >= 4 is 16.8 Å². The number of nitriles is 1. The summed E-state index contributed by atoms with van der Waals surface area (Å²) in [6, 6.07) is 10.2. The van der Waals surface area contributed by atoms with Gasteiger partial charge in [0, 0.05) is 30.1 Å². The summed E-state index contributed by atoms with van der Waals surface area (Å²) >= 11 is 0. The van der Waals surface area contributed by atoms with E-state index in [0.717, 1.165) is 16.5 Å². The lowest BCUT2D eigenvalue weighted by atomic mass is 9.96. The third kappa shape index (κ3) is 3.39. The van der Waals surface area contributed by atoms with Gasteiger partial charge in [0.2, 0.25) is 5.91 Å². The van der Waals surface area contributed by atoms with Crippen LogP contribution in [-0.4, -0.2) is 17.4 Å². The molecule has 1 aromatic heterocycles. The monoisotopic (exact) mass is 269 g/mol. The molecule has 0 unspecified atom stereocenters. The lowest BCUT2D eigenvalue weighted by Gasteiger charge is -2.15. The Bertz CT molecular complexity index is 649.